The molecule has 1 aliphatic rings. The summed E-state index contributed by atoms with van der Waals surface area (Å²) < 4.78 is 37.9. The molecule has 0 N–H and O–H groups in total. The fourth-order valence-electron chi connectivity index (χ4n) is 2.80. The van der Waals surface area contributed by atoms with Crippen molar-refractivity contribution in [2.24, 2.45) is 0 Å². The number of sulfonamides is 1. The standard InChI is InChI=1S/C18H22N2O4S/c1-14-3-4-17(13-19-14)24-16-9-11-20(12-10-16)25(21,22)18-7-5-15(23-2)6-8-18/h3-8,13,16H,9-12H2,1-2H3. The Balaban J connectivity index is 1.61. The van der Waals surface area contributed by atoms with Crippen LogP contribution in [0.15, 0.2) is 47.5 Å². The van der Waals surface area contributed by atoms with E-state index in [9.17, 15) is 8.42 Å². The maximum atomic E-state index is 12.7. The number of benzene rings is 1. The Morgan fingerprint density at radius 1 is 1.04 bits per heavy atom. The van der Waals surface area contributed by atoms with Crippen molar-refractivity contribution >= 4 is 10.0 Å². The number of ether oxygens (including phenoxy) is 2. The van der Waals surface area contributed by atoms with Gasteiger partial charge in [0.25, 0.3) is 0 Å². The zero-order valence-corrected chi connectivity index (χ0v) is 15.2. The number of hydrogen-bond donors (Lipinski definition) is 0. The Labute approximate surface area is 148 Å². The second-order valence-corrected chi connectivity index (χ2v) is 7.97. The molecule has 2 heterocycles. The molecule has 0 aliphatic carbocycles. The third kappa shape index (κ3) is 4.11. The molecule has 0 amide bonds. The van der Waals surface area contributed by atoms with E-state index in [1.807, 2.05) is 19.1 Å². The fraction of sp³-hybridized carbons (Fsp3) is 0.389. The van der Waals surface area contributed by atoms with E-state index >= 15 is 0 Å². The van der Waals surface area contributed by atoms with Crippen LogP contribution in [-0.2, 0) is 10.0 Å². The van der Waals surface area contributed by atoms with Crippen LogP contribution in [0.5, 0.6) is 11.5 Å². The fourth-order valence-corrected chi connectivity index (χ4v) is 4.27. The molecule has 1 aromatic heterocycles. The van der Waals surface area contributed by atoms with Crippen molar-refractivity contribution in [3.8, 4) is 11.5 Å². The lowest BCUT2D eigenvalue weighted by atomic mass is 10.1. The third-order valence-electron chi connectivity index (χ3n) is 4.29. The van der Waals surface area contributed by atoms with Gasteiger partial charge in [0.1, 0.15) is 17.6 Å². The number of aryl methyl sites for hydroxylation is 1. The normalized spacial score (nSPS) is 16.6. The lowest BCUT2D eigenvalue weighted by Crippen LogP contribution is -2.41. The maximum Gasteiger partial charge on any atom is 0.243 e. The Morgan fingerprint density at radius 3 is 2.24 bits per heavy atom. The maximum absolute atomic E-state index is 12.7. The molecule has 0 unspecified atom stereocenters. The van der Waals surface area contributed by atoms with Crippen molar-refractivity contribution in [1.82, 2.24) is 9.29 Å². The molecule has 1 aromatic carbocycles. The van der Waals surface area contributed by atoms with Crippen molar-refractivity contribution in [2.45, 2.75) is 30.8 Å². The molecule has 3 rings (SSSR count). The third-order valence-corrected chi connectivity index (χ3v) is 6.20. The molecule has 1 saturated heterocycles. The molecule has 2 aromatic rings. The van der Waals surface area contributed by atoms with E-state index < -0.39 is 10.0 Å². The Bertz CT molecular complexity index is 796. The molecule has 134 valence electrons. The van der Waals surface area contributed by atoms with Crippen molar-refractivity contribution in [3.63, 3.8) is 0 Å². The second-order valence-electron chi connectivity index (χ2n) is 6.03. The zero-order chi connectivity index (χ0) is 17.9. The number of piperidine rings is 1. The summed E-state index contributed by atoms with van der Waals surface area (Å²) in [5.41, 5.74) is 0.938. The highest BCUT2D eigenvalue weighted by atomic mass is 32.2. The van der Waals surface area contributed by atoms with E-state index in [2.05, 4.69) is 4.98 Å². The van der Waals surface area contributed by atoms with Gasteiger partial charge in [-0.2, -0.15) is 4.31 Å². The minimum absolute atomic E-state index is 0.00632. The first-order valence-electron chi connectivity index (χ1n) is 8.22. The highest BCUT2D eigenvalue weighted by Gasteiger charge is 2.30. The van der Waals surface area contributed by atoms with Crippen LogP contribution in [0.1, 0.15) is 18.5 Å². The van der Waals surface area contributed by atoms with Gasteiger partial charge in [0.2, 0.25) is 10.0 Å². The van der Waals surface area contributed by atoms with Crippen molar-refractivity contribution < 1.29 is 17.9 Å². The first kappa shape index (κ1) is 17.7. The van der Waals surface area contributed by atoms with E-state index in [0.29, 0.717) is 31.7 Å². The van der Waals surface area contributed by atoms with Gasteiger partial charge in [-0.3, -0.25) is 4.98 Å². The minimum Gasteiger partial charge on any atom is -0.497 e. The molecule has 6 nitrogen and oxygen atoms in total. The summed E-state index contributed by atoms with van der Waals surface area (Å²) in [6.45, 7) is 2.81. The summed E-state index contributed by atoms with van der Waals surface area (Å²) in [5.74, 6) is 1.36. The molecule has 1 aliphatic heterocycles. The predicted molar refractivity (Wildman–Crippen MR) is 94.4 cm³/mol. The van der Waals surface area contributed by atoms with E-state index in [4.69, 9.17) is 9.47 Å². The van der Waals surface area contributed by atoms with Gasteiger partial charge in [-0.15, -0.1) is 0 Å². The van der Waals surface area contributed by atoms with Gasteiger partial charge in [0.15, 0.2) is 0 Å². The molecule has 25 heavy (non-hydrogen) atoms. The van der Waals surface area contributed by atoms with Crippen LogP contribution in [0.3, 0.4) is 0 Å². The van der Waals surface area contributed by atoms with Gasteiger partial charge in [-0.05, 0) is 56.2 Å². The first-order chi connectivity index (χ1) is 12.0. The average molecular weight is 362 g/mol. The van der Waals surface area contributed by atoms with E-state index in [0.717, 1.165) is 11.4 Å². The Hall–Kier alpha value is -2.12. The summed E-state index contributed by atoms with van der Waals surface area (Å²) in [6.07, 6.45) is 3.02. The summed E-state index contributed by atoms with van der Waals surface area (Å²) in [7, 11) is -1.93. The molecular formula is C18H22N2O4S. The van der Waals surface area contributed by atoms with Crippen molar-refractivity contribution in [1.29, 1.82) is 0 Å². The second kappa shape index (κ2) is 7.41. The van der Waals surface area contributed by atoms with Gasteiger partial charge >= 0.3 is 0 Å². The van der Waals surface area contributed by atoms with Crippen LogP contribution < -0.4 is 9.47 Å². The molecule has 7 heteroatoms. The van der Waals surface area contributed by atoms with E-state index in [-0.39, 0.29) is 11.0 Å². The lowest BCUT2D eigenvalue weighted by molar-refractivity contribution is 0.134. The van der Waals surface area contributed by atoms with Crippen LogP contribution >= 0.6 is 0 Å². The zero-order valence-electron chi connectivity index (χ0n) is 14.4. The Morgan fingerprint density at radius 2 is 1.68 bits per heavy atom. The quantitative estimate of drug-likeness (QED) is 0.818. The summed E-state index contributed by atoms with van der Waals surface area (Å²) in [5, 5.41) is 0. The van der Waals surface area contributed by atoms with E-state index in [1.165, 1.54) is 4.31 Å². The molecule has 1 fully saturated rings. The SMILES string of the molecule is COc1ccc(S(=O)(=O)N2CCC(Oc3ccc(C)nc3)CC2)cc1. The highest BCUT2D eigenvalue weighted by Crippen LogP contribution is 2.24. The number of nitrogens with zero attached hydrogens (tertiary/aromatic N) is 2. The average Bonchev–Trinajstić information content (AvgIpc) is 2.64. The molecule has 0 saturated carbocycles. The smallest absolute Gasteiger partial charge is 0.243 e. The summed E-state index contributed by atoms with van der Waals surface area (Å²) in [4.78, 5) is 4.50. The minimum atomic E-state index is -3.48. The number of pyridine rings is 1. The van der Waals surface area contributed by atoms with Crippen molar-refractivity contribution in [2.75, 3.05) is 20.2 Å². The number of hydrogen-bond acceptors (Lipinski definition) is 5. The topological polar surface area (TPSA) is 68.7 Å². The van der Waals surface area contributed by atoms with Crippen LogP contribution in [0.4, 0.5) is 0 Å². The molecule has 0 bridgehead atoms. The number of aromatic nitrogens is 1. The molecule has 0 atom stereocenters. The lowest BCUT2D eigenvalue weighted by Gasteiger charge is -2.31. The Kier molecular flexibility index (Phi) is 5.24. The van der Waals surface area contributed by atoms with Gasteiger partial charge in [0, 0.05) is 18.8 Å². The van der Waals surface area contributed by atoms with Crippen LogP contribution in [0.2, 0.25) is 0 Å². The number of methoxy groups -OCH3 is 1. The van der Waals surface area contributed by atoms with Crippen LogP contribution in [0, 0.1) is 6.92 Å². The first-order valence-corrected chi connectivity index (χ1v) is 9.66. The predicted octanol–water partition coefficient (Wildman–Crippen LogP) is 2.63. The summed E-state index contributed by atoms with van der Waals surface area (Å²) in [6, 6.07) is 10.3. The molecule has 0 spiro atoms. The van der Waals surface area contributed by atoms with Gasteiger partial charge in [0.05, 0.1) is 18.2 Å². The summed E-state index contributed by atoms with van der Waals surface area (Å²) >= 11 is 0. The van der Waals surface area contributed by atoms with Crippen LogP contribution in [-0.4, -0.2) is 44.0 Å². The molecule has 0 radical (unpaired) electrons. The largest absolute Gasteiger partial charge is 0.497 e. The van der Waals surface area contributed by atoms with Crippen LogP contribution in [0.25, 0.3) is 0 Å². The van der Waals surface area contributed by atoms with E-state index in [1.54, 1.807) is 37.6 Å². The highest BCUT2D eigenvalue weighted by molar-refractivity contribution is 7.89. The van der Waals surface area contributed by atoms with Gasteiger partial charge < -0.3 is 9.47 Å². The molecular weight excluding hydrogens is 340 g/mol. The number of rotatable bonds is 5. The van der Waals surface area contributed by atoms with Crippen molar-refractivity contribution in [3.05, 3.63) is 48.3 Å². The monoisotopic (exact) mass is 362 g/mol. The van der Waals surface area contributed by atoms with Gasteiger partial charge in [-0.25, -0.2) is 8.42 Å². The van der Waals surface area contributed by atoms with Gasteiger partial charge in [-0.1, -0.05) is 0 Å².